The Morgan fingerprint density at radius 3 is 1.33 bits per heavy atom. The van der Waals surface area contributed by atoms with Crippen LogP contribution in [-0.2, 0) is 32.7 Å². The lowest BCUT2D eigenvalue weighted by Gasteiger charge is -2.41. The molecule has 0 amide bonds. The minimum Gasteiger partial charge on any atom is -0.462 e. The largest absolute Gasteiger partial charge is 0.472 e. The maximum atomic E-state index is 12.8. The molecule has 1 saturated carbocycles. The first-order chi connectivity index (χ1) is 32.4. The Labute approximate surface area is 404 Å². The number of hydrogen-bond donors (Lipinski definition) is 6. The van der Waals surface area contributed by atoms with Gasteiger partial charge in [-0.3, -0.25) is 18.6 Å². The molecular formula is C53H91O13P. The molecule has 0 radical (unpaired) electrons. The van der Waals surface area contributed by atoms with E-state index in [-0.39, 0.29) is 12.8 Å². The Balaban J connectivity index is 2.46. The van der Waals surface area contributed by atoms with Crippen molar-refractivity contribution >= 4 is 19.8 Å². The molecule has 0 aromatic carbocycles. The molecule has 0 saturated heterocycles. The number of carbonyl (C=O) groups excluding carboxylic acids is 2. The second-order valence-corrected chi connectivity index (χ2v) is 19.1. The molecule has 0 aromatic rings. The van der Waals surface area contributed by atoms with E-state index in [0.29, 0.717) is 19.3 Å². The van der Waals surface area contributed by atoms with Crippen LogP contribution in [-0.4, -0.2) is 98.3 Å². The monoisotopic (exact) mass is 967 g/mol. The van der Waals surface area contributed by atoms with Crippen molar-refractivity contribution in [2.45, 2.75) is 236 Å². The van der Waals surface area contributed by atoms with E-state index in [4.69, 9.17) is 18.5 Å². The second-order valence-electron chi connectivity index (χ2n) is 17.7. The fraction of sp³-hybridized carbons (Fsp3) is 0.736. The Morgan fingerprint density at radius 1 is 0.463 bits per heavy atom. The summed E-state index contributed by atoms with van der Waals surface area (Å²) >= 11 is 0. The van der Waals surface area contributed by atoms with Crippen molar-refractivity contribution in [3.05, 3.63) is 72.9 Å². The molecule has 6 unspecified atom stereocenters. The van der Waals surface area contributed by atoms with Gasteiger partial charge in [-0.15, -0.1) is 0 Å². The molecule has 6 N–H and O–H groups in total. The fourth-order valence-electron chi connectivity index (χ4n) is 7.38. The summed E-state index contributed by atoms with van der Waals surface area (Å²) < 4.78 is 33.5. The van der Waals surface area contributed by atoms with Gasteiger partial charge in [-0.05, 0) is 77.0 Å². The van der Waals surface area contributed by atoms with E-state index >= 15 is 0 Å². The van der Waals surface area contributed by atoms with Crippen molar-refractivity contribution in [1.29, 1.82) is 0 Å². The molecule has 8 atom stereocenters. The first-order valence-corrected chi connectivity index (χ1v) is 27.2. The van der Waals surface area contributed by atoms with Crippen molar-refractivity contribution < 1.29 is 63.1 Å². The zero-order valence-electron chi connectivity index (χ0n) is 41.2. The topological polar surface area (TPSA) is 210 Å². The van der Waals surface area contributed by atoms with Crippen LogP contribution in [0.4, 0.5) is 0 Å². The number of aliphatic hydroxyl groups is 5. The first-order valence-electron chi connectivity index (χ1n) is 25.7. The molecule has 0 aliphatic heterocycles. The van der Waals surface area contributed by atoms with E-state index in [9.17, 15) is 44.6 Å². The maximum absolute atomic E-state index is 12.8. The number of rotatable bonds is 42. The van der Waals surface area contributed by atoms with Gasteiger partial charge in [0.05, 0.1) is 6.61 Å². The van der Waals surface area contributed by atoms with Crippen molar-refractivity contribution in [2.75, 3.05) is 13.2 Å². The number of carbonyl (C=O) groups is 2. The Hall–Kier alpha value is -2.71. The number of hydrogen-bond acceptors (Lipinski definition) is 12. The quantitative estimate of drug-likeness (QED) is 0.0146. The van der Waals surface area contributed by atoms with E-state index in [2.05, 4.69) is 68.5 Å². The molecule has 14 heteroatoms. The molecule has 1 fully saturated rings. The summed E-state index contributed by atoms with van der Waals surface area (Å²) in [7, 11) is -5.15. The predicted molar refractivity (Wildman–Crippen MR) is 267 cm³/mol. The van der Waals surface area contributed by atoms with Crippen LogP contribution in [0.2, 0.25) is 0 Å². The van der Waals surface area contributed by atoms with Crippen LogP contribution in [0.1, 0.15) is 194 Å². The normalized spacial score (nSPS) is 21.7. The fourth-order valence-corrected chi connectivity index (χ4v) is 8.35. The highest BCUT2D eigenvalue weighted by molar-refractivity contribution is 7.47. The van der Waals surface area contributed by atoms with Crippen LogP contribution >= 0.6 is 7.82 Å². The van der Waals surface area contributed by atoms with Crippen LogP contribution in [0.15, 0.2) is 72.9 Å². The van der Waals surface area contributed by atoms with E-state index in [1.54, 1.807) is 0 Å². The Kier molecular flexibility index (Phi) is 39.2. The van der Waals surface area contributed by atoms with Gasteiger partial charge in [-0.1, -0.05) is 177 Å². The smallest absolute Gasteiger partial charge is 0.462 e. The summed E-state index contributed by atoms with van der Waals surface area (Å²) in [5.74, 6) is -1.20. The molecule has 0 bridgehead atoms. The van der Waals surface area contributed by atoms with Crippen molar-refractivity contribution in [3.8, 4) is 0 Å². The highest BCUT2D eigenvalue weighted by Crippen LogP contribution is 2.47. The Morgan fingerprint density at radius 2 is 0.836 bits per heavy atom. The zero-order valence-corrected chi connectivity index (χ0v) is 42.1. The molecule has 0 heterocycles. The summed E-state index contributed by atoms with van der Waals surface area (Å²) in [6.45, 7) is 3.22. The number of phosphoric ester groups is 1. The average Bonchev–Trinajstić information content (AvgIpc) is 3.31. The molecule has 1 aliphatic rings. The van der Waals surface area contributed by atoms with Gasteiger partial charge in [-0.2, -0.15) is 0 Å². The molecule has 1 rings (SSSR count). The summed E-state index contributed by atoms with van der Waals surface area (Å²) in [5, 5.41) is 50.3. The summed E-state index contributed by atoms with van der Waals surface area (Å²) in [5.41, 5.74) is 0. The van der Waals surface area contributed by atoms with Crippen LogP contribution < -0.4 is 0 Å². The van der Waals surface area contributed by atoms with E-state index in [0.717, 1.165) is 57.8 Å². The standard InChI is InChI=1S/C53H91O13P/c1-3-5-7-9-11-13-15-17-19-21-23-25-27-29-31-33-35-37-39-41-46(54)63-43-45(44-64-67(61,62)66-53-51(59)49(57)48(56)50(58)52(53)60)65-47(55)42-40-38-36-34-32-30-28-26-24-22-20-18-16-14-12-10-8-6-4-2/h12,14,17-20,24,26,30,32,36,38,45,48-53,56-60H,3-11,13,15-16,21-23,25,27-29,31,33-35,37,39-44H2,1-2H3,(H,61,62)/b14-12+,19-17+,20-18+,26-24+,32-30+,38-36+/t45-,48?,49-,50?,51?,52?,53?/m0/s1. The van der Waals surface area contributed by atoms with Crippen molar-refractivity contribution in [3.63, 3.8) is 0 Å². The lowest BCUT2D eigenvalue weighted by atomic mass is 9.85. The number of unbranched alkanes of at least 4 members (excludes halogenated alkanes) is 18. The van der Waals surface area contributed by atoms with Gasteiger partial charge in [0, 0.05) is 12.8 Å². The number of phosphoric acid groups is 1. The molecular weight excluding hydrogens is 876 g/mol. The summed E-state index contributed by atoms with van der Waals surface area (Å²) in [4.78, 5) is 35.8. The average molecular weight is 967 g/mol. The van der Waals surface area contributed by atoms with Gasteiger partial charge < -0.3 is 39.9 Å². The minimum atomic E-state index is -5.15. The first kappa shape index (κ1) is 62.3. The SMILES string of the molecule is CCCCC/C=C/C/C=C/C/C=C/C/C=C/C/C=C/CCC(=O)O[C@@H](COC(=O)CCCCCCCCCCC/C=C/CCCCCCCC)COP(=O)(O)OC1C(O)C(O)C(O)[C@H](O)C1O. The van der Waals surface area contributed by atoms with E-state index in [1.807, 2.05) is 18.2 Å². The lowest BCUT2D eigenvalue weighted by molar-refractivity contribution is -0.220. The highest BCUT2D eigenvalue weighted by Gasteiger charge is 2.51. The van der Waals surface area contributed by atoms with Gasteiger partial charge in [0.2, 0.25) is 0 Å². The molecule has 386 valence electrons. The van der Waals surface area contributed by atoms with Gasteiger partial charge in [-0.25, -0.2) is 4.57 Å². The van der Waals surface area contributed by atoms with Gasteiger partial charge in [0.1, 0.15) is 43.2 Å². The lowest BCUT2D eigenvalue weighted by Crippen LogP contribution is -2.64. The van der Waals surface area contributed by atoms with Crippen molar-refractivity contribution in [2.24, 2.45) is 0 Å². The highest BCUT2D eigenvalue weighted by atomic mass is 31.2. The van der Waals surface area contributed by atoms with Crippen LogP contribution in [0.25, 0.3) is 0 Å². The third kappa shape index (κ3) is 34.3. The number of aliphatic hydroxyl groups excluding tert-OH is 5. The van der Waals surface area contributed by atoms with E-state index in [1.165, 1.54) is 89.9 Å². The number of allylic oxidation sites excluding steroid dienone is 12. The van der Waals surface area contributed by atoms with E-state index < -0.39 is 75.7 Å². The zero-order chi connectivity index (χ0) is 49.2. The van der Waals surface area contributed by atoms with Gasteiger partial charge >= 0.3 is 19.8 Å². The predicted octanol–water partition coefficient (Wildman–Crippen LogP) is 11.1. The third-order valence-corrected chi connectivity index (χ3v) is 12.5. The molecule has 13 nitrogen and oxygen atoms in total. The van der Waals surface area contributed by atoms with Crippen molar-refractivity contribution in [1.82, 2.24) is 0 Å². The third-order valence-electron chi connectivity index (χ3n) is 11.5. The second kappa shape index (κ2) is 42.2. The minimum absolute atomic E-state index is 0.0296. The van der Waals surface area contributed by atoms with Crippen LogP contribution in [0.3, 0.4) is 0 Å². The summed E-state index contributed by atoms with van der Waals surface area (Å²) in [6.07, 6.45) is 41.0. The van der Waals surface area contributed by atoms with Gasteiger partial charge in [0.15, 0.2) is 6.10 Å². The number of esters is 2. The van der Waals surface area contributed by atoms with Gasteiger partial charge in [0.25, 0.3) is 0 Å². The molecule has 67 heavy (non-hydrogen) atoms. The van der Waals surface area contributed by atoms with Crippen LogP contribution in [0, 0.1) is 0 Å². The molecule has 1 aliphatic carbocycles. The molecule has 0 aromatic heterocycles. The molecule has 0 spiro atoms. The summed E-state index contributed by atoms with van der Waals surface area (Å²) in [6, 6.07) is 0. The Bertz CT molecular complexity index is 1440. The maximum Gasteiger partial charge on any atom is 0.472 e. The van der Waals surface area contributed by atoms with Crippen LogP contribution in [0.5, 0.6) is 0 Å². The number of ether oxygens (including phenoxy) is 2.